The Morgan fingerprint density at radius 1 is 1.33 bits per heavy atom. The van der Waals surface area contributed by atoms with Gasteiger partial charge in [0, 0.05) is 0 Å². The molecule has 1 aromatic carbocycles. The third-order valence-electron chi connectivity index (χ3n) is 4.34. The van der Waals surface area contributed by atoms with Gasteiger partial charge in [0.15, 0.2) is 0 Å². The fraction of sp³-hybridized carbons (Fsp3) is 0.600. The molecule has 0 saturated carbocycles. The molecule has 2 rings (SSSR count). The summed E-state index contributed by atoms with van der Waals surface area (Å²) < 4.78 is 0. The van der Waals surface area contributed by atoms with Crippen LogP contribution in [0.15, 0.2) is 24.3 Å². The van der Waals surface area contributed by atoms with Crippen LogP contribution in [-0.4, -0.2) is 0 Å². The van der Waals surface area contributed by atoms with Crippen molar-refractivity contribution in [2.75, 3.05) is 0 Å². The summed E-state index contributed by atoms with van der Waals surface area (Å²) in [5.74, 6) is 0.826. The first-order valence-corrected chi connectivity index (χ1v) is 6.27. The van der Waals surface area contributed by atoms with E-state index in [1.807, 2.05) is 0 Å². The van der Waals surface area contributed by atoms with Crippen molar-refractivity contribution in [3.8, 4) is 0 Å². The van der Waals surface area contributed by atoms with Crippen LogP contribution in [0.5, 0.6) is 0 Å². The minimum Gasteiger partial charge on any atom is -0.0654 e. The van der Waals surface area contributed by atoms with Crippen LogP contribution in [0.1, 0.15) is 51.2 Å². The fourth-order valence-corrected chi connectivity index (χ4v) is 3.15. The van der Waals surface area contributed by atoms with Crippen LogP contribution in [0, 0.1) is 5.92 Å². The van der Waals surface area contributed by atoms with Gasteiger partial charge < -0.3 is 0 Å². The number of hydrogen-bond acceptors (Lipinski definition) is 0. The number of fused-ring (bicyclic) bond motifs is 1. The van der Waals surface area contributed by atoms with Gasteiger partial charge in [0.25, 0.3) is 0 Å². The second kappa shape index (κ2) is 4.00. The summed E-state index contributed by atoms with van der Waals surface area (Å²) in [5, 5.41) is 0. The first-order valence-electron chi connectivity index (χ1n) is 6.27. The van der Waals surface area contributed by atoms with Crippen molar-refractivity contribution in [1.82, 2.24) is 0 Å². The second-order valence-corrected chi connectivity index (χ2v) is 5.26. The average Bonchev–Trinajstić information content (AvgIpc) is 2.25. The Morgan fingerprint density at radius 2 is 2.07 bits per heavy atom. The lowest BCUT2D eigenvalue weighted by Crippen LogP contribution is -2.35. The number of aryl methyl sites for hydroxylation is 1. The van der Waals surface area contributed by atoms with Crippen molar-refractivity contribution in [3.63, 3.8) is 0 Å². The van der Waals surface area contributed by atoms with Gasteiger partial charge in [-0.25, -0.2) is 0 Å². The lowest BCUT2D eigenvalue weighted by molar-refractivity contribution is 0.256. The van der Waals surface area contributed by atoms with Gasteiger partial charge >= 0.3 is 0 Å². The monoisotopic (exact) mass is 202 g/mol. The van der Waals surface area contributed by atoms with Crippen LogP contribution in [0.4, 0.5) is 0 Å². The maximum absolute atomic E-state index is 2.46. The summed E-state index contributed by atoms with van der Waals surface area (Å²) in [4.78, 5) is 0. The van der Waals surface area contributed by atoms with E-state index in [1.165, 1.54) is 25.7 Å². The molecule has 0 spiro atoms. The molecule has 2 atom stereocenters. The Balaban J connectivity index is 2.45. The van der Waals surface area contributed by atoms with Gasteiger partial charge in [0.2, 0.25) is 0 Å². The van der Waals surface area contributed by atoms with Crippen molar-refractivity contribution >= 4 is 0 Å². The molecule has 1 aliphatic carbocycles. The smallest absolute Gasteiger partial charge is 0.00469 e. The molecule has 0 heteroatoms. The molecule has 0 saturated heterocycles. The Labute approximate surface area is 93.7 Å². The summed E-state index contributed by atoms with van der Waals surface area (Å²) in [7, 11) is 0. The van der Waals surface area contributed by atoms with Gasteiger partial charge in [-0.1, -0.05) is 51.5 Å². The molecule has 1 aliphatic rings. The third kappa shape index (κ3) is 1.71. The molecule has 2 unspecified atom stereocenters. The van der Waals surface area contributed by atoms with Crippen LogP contribution < -0.4 is 0 Å². The van der Waals surface area contributed by atoms with Crippen LogP contribution in [0.3, 0.4) is 0 Å². The fourth-order valence-electron chi connectivity index (χ4n) is 3.15. The number of benzene rings is 1. The van der Waals surface area contributed by atoms with E-state index in [2.05, 4.69) is 45.0 Å². The lowest BCUT2D eigenvalue weighted by Gasteiger charge is -2.41. The minimum atomic E-state index is 0.420. The summed E-state index contributed by atoms with van der Waals surface area (Å²) >= 11 is 0. The molecule has 82 valence electrons. The second-order valence-electron chi connectivity index (χ2n) is 5.26. The van der Waals surface area contributed by atoms with E-state index in [0.717, 1.165) is 5.92 Å². The van der Waals surface area contributed by atoms with Gasteiger partial charge in [-0.3, -0.25) is 0 Å². The number of hydrogen-bond donors (Lipinski definition) is 0. The van der Waals surface area contributed by atoms with Gasteiger partial charge in [0.1, 0.15) is 0 Å². The van der Waals surface area contributed by atoms with Gasteiger partial charge in [-0.2, -0.15) is 0 Å². The van der Waals surface area contributed by atoms with Gasteiger partial charge in [-0.05, 0) is 41.7 Å². The largest absolute Gasteiger partial charge is 0.0654 e. The summed E-state index contributed by atoms with van der Waals surface area (Å²) in [6.07, 6.45) is 5.24. The van der Waals surface area contributed by atoms with Crippen molar-refractivity contribution in [1.29, 1.82) is 0 Å². The van der Waals surface area contributed by atoms with Crippen LogP contribution >= 0.6 is 0 Å². The molecule has 15 heavy (non-hydrogen) atoms. The Kier molecular flexibility index (Phi) is 2.86. The van der Waals surface area contributed by atoms with E-state index in [9.17, 15) is 0 Å². The van der Waals surface area contributed by atoms with E-state index in [1.54, 1.807) is 11.1 Å². The topological polar surface area (TPSA) is 0 Å². The van der Waals surface area contributed by atoms with Crippen LogP contribution in [0.2, 0.25) is 0 Å². The maximum atomic E-state index is 2.46. The molecule has 0 fully saturated rings. The van der Waals surface area contributed by atoms with E-state index in [0.29, 0.717) is 5.41 Å². The van der Waals surface area contributed by atoms with Crippen molar-refractivity contribution in [2.24, 2.45) is 5.92 Å². The Hall–Kier alpha value is -0.780. The zero-order chi connectivity index (χ0) is 10.9. The molecular weight excluding hydrogens is 180 g/mol. The first kappa shape index (κ1) is 10.7. The molecular formula is C15H22. The standard InChI is InChI=1S/C15H22/c1-4-11-15(3)12(2)9-10-13-7-5-6-8-14(13)15/h5-8,12H,4,9-11H2,1-3H3. The van der Waals surface area contributed by atoms with Crippen molar-refractivity contribution in [2.45, 2.75) is 51.9 Å². The minimum absolute atomic E-state index is 0.420. The van der Waals surface area contributed by atoms with Gasteiger partial charge in [0.05, 0.1) is 0 Å². The zero-order valence-corrected chi connectivity index (χ0v) is 10.2. The summed E-state index contributed by atoms with van der Waals surface area (Å²) in [6, 6.07) is 9.04. The predicted molar refractivity (Wildman–Crippen MR) is 66.2 cm³/mol. The molecule has 0 bridgehead atoms. The van der Waals surface area contributed by atoms with Crippen LogP contribution in [0.25, 0.3) is 0 Å². The summed E-state index contributed by atoms with van der Waals surface area (Å²) in [5.41, 5.74) is 3.63. The highest BCUT2D eigenvalue weighted by atomic mass is 14.4. The van der Waals surface area contributed by atoms with Crippen LogP contribution in [-0.2, 0) is 11.8 Å². The molecule has 0 amide bonds. The van der Waals surface area contributed by atoms with Crippen molar-refractivity contribution < 1.29 is 0 Å². The highest BCUT2D eigenvalue weighted by Crippen LogP contribution is 2.44. The maximum Gasteiger partial charge on any atom is -0.00469 e. The van der Waals surface area contributed by atoms with E-state index in [4.69, 9.17) is 0 Å². The quantitative estimate of drug-likeness (QED) is 0.669. The molecule has 0 N–H and O–H groups in total. The Morgan fingerprint density at radius 3 is 2.80 bits per heavy atom. The summed E-state index contributed by atoms with van der Waals surface area (Å²) in [6.45, 7) is 7.18. The molecule has 0 aromatic heterocycles. The van der Waals surface area contributed by atoms with Crippen molar-refractivity contribution in [3.05, 3.63) is 35.4 Å². The highest BCUT2D eigenvalue weighted by molar-refractivity contribution is 5.37. The molecule has 0 radical (unpaired) electrons. The van der Waals surface area contributed by atoms with E-state index >= 15 is 0 Å². The lowest BCUT2D eigenvalue weighted by atomic mass is 9.63. The van der Waals surface area contributed by atoms with E-state index in [-0.39, 0.29) is 0 Å². The molecule has 1 aromatic rings. The molecule has 0 aliphatic heterocycles. The molecule has 0 nitrogen and oxygen atoms in total. The Bertz CT molecular complexity index is 340. The van der Waals surface area contributed by atoms with E-state index < -0.39 is 0 Å². The third-order valence-corrected chi connectivity index (χ3v) is 4.34. The predicted octanol–water partition coefficient (Wildman–Crippen LogP) is 4.33. The number of rotatable bonds is 2. The normalized spacial score (nSPS) is 29.9. The van der Waals surface area contributed by atoms with Gasteiger partial charge in [-0.15, -0.1) is 0 Å². The zero-order valence-electron chi connectivity index (χ0n) is 10.2. The highest BCUT2D eigenvalue weighted by Gasteiger charge is 2.36. The average molecular weight is 202 g/mol. The first-order chi connectivity index (χ1) is 7.18. The SMILES string of the molecule is CCCC1(C)c2ccccc2CCC1C. The molecule has 0 heterocycles.